The summed E-state index contributed by atoms with van der Waals surface area (Å²) in [6, 6.07) is 0. The van der Waals surface area contributed by atoms with Crippen molar-refractivity contribution >= 4 is 10.1 Å². The van der Waals surface area contributed by atoms with Crippen molar-refractivity contribution in [3.8, 4) is 0 Å². The van der Waals surface area contributed by atoms with Crippen LogP contribution in [0.25, 0.3) is 0 Å². The highest BCUT2D eigenvalue weighted by atomic mass is 32.2. The first kappa shape index (κ1) is 11.0. The van der Waals surface area contributed by atoms with E-state index in [4.69, 9.17) is 8.92 Å². The van der Waals surface area contributed by atoms with Gasteiger partial charge < -0.3 is 4.74 Å². The van der Waals surface area contributed by atoms with Gasteiger partial charge in [-0.25, -0.2) is 4.18 Å². The maximum absolute atomic E-state index is 11.3. The zero-order valence-corrected chi connectivity index (χ0v) is 10.5. The van der Waals surface area contributed by atoms with E-state index in [-0.39, 0.29) is 5.60 Å². The summed E-state index contributed by atoms with van der Waals surface area (Å²) in [6.07, 6.45) is 5.92. The summed E-state index contributed by atoms with van der Waals surface area (Å²) >= 11 is 0. The first-order valence-electron chi connectivity index (χ1n) is 5.88. The van der Waals surface area contributed by atoms with Crippen LogP contribution in [0.1, 0.15) is 39.0 Å². The molecule has 0 radical (unpaired) electrons. The molecule has 2 aliphatic heterocycles. The number of ether oxygens (including phenoxy) is 1. The smallest absolute Gasteiger partial charge is 0.267 e. The Kier molecular flexibility index (Phi) is 2.06. The minimum atomic E-state index is -3.44. The molecular formula is C11H18O4S. The molecule has 2 saturated carbocycles. The Morgan fingerprint density at radius 3 is 2.19 bits per heavy atom. The van der Waals surface area contributed by atoms with Gasteiger partial charge in [0.2, 0.25) is 0 Å². The van der Waals surface area contributed by atoms with Crippen molar-refractivity contribution < 1.29 is 17.3 Å². The van der Waals surface area contributed by atoms with Crippen LogP contribution in [0.5, 0.6) is 0 Å². The van der Waals surface area contributed by atoms with E-state index in [0.717, 1.165) is 31.9 Å². The number of hydrogen-bond donors (Lipinski definition) is 0. The normalized spacial score (nSPS) is 50.9. The molecule has 4 fully saturated rings. The molecule has 2 heterocycles. The second-order valence-electron chi connectivity index (χ2n) is 6.03. The van der Waals surface area contributed by atoms with Gasteiger partial charge in [0.15, 0.2) is 5.79 Å². The maximum Gasteiger partial charge on any atom is 0.267 e. The summed E-state index contributed by atoms with van der Waals surface area (Å²) in [4.78, 5) is 0. The van der Waals surface area contributed by atoms with E-state index >= 15 is 0 Å². The Hall–Kier alpha value is -0.130. The summed E-state index contributed by atoms with van der Waals surface area (Å²) in [5, 5.41) is 0. The zero-order valence-electron chi connectivity index (χ0n) is 9.73. The lowest BCUT2D eigenvalue weighted by Gasteiger charge is -2.59. The van der Waals surface area contributed by atoms with E-state index in [1.807, 2.05) is 0 Å². The van der Waals surface area contributed by atoms with Crippen LogP contribution in [0.15, 0.2) is 0 Å². The monoisotopic (exact) mass is 246 g/mol. The molecule has 16 heavy (non-hydrogen) atoms. The van der Waals surface area contributed by atoms with Crippen molar-refractivity contribution in [1.29, 1.82) is 0 Å². The molecule has 2 aliphatic carbocycles. The minimum absolute atomic E-state index is 0.158. The van der Waals surface area contributed by atoms with Gasteiger partial charge in [-0.05, 0) is 38.0 Å². The van der Waals surface area contributed by atoms with Gasteiger partial charge in [0.1, 0.15) is 0 Å². The van der Waals surface area contributed by atoms with Crippen molar-refractivity contribution in [2.75, 3.05) is 6.26 Å². The standard InChI is InChI=1S/C11H18O4S/c1-10-4-8-3-9(5-10)7-11(6-8,14-10)15-16(2,12)13/h8-9H,3-7H2,1-2H3. The molecule has 0 spiro atoms. The van der Waals surface area contributed by atoms with Gasteiger partial charge in [0.25, 0.3) is 10.1 Å². The Morgan fingerprint density at radius 1 is 1.19 bits per heavy atom. The van der Waals surface area contributed by atoms with E-state index in [1.54, 1.807) is 0 Å². The van der Waals surface area contributed by atoms with Crippen molar-refractivity contribution in [2.24, 2.45) is 11.8 Å². The van der Waals surface area contributed by atoms with Gasteiger partial charge in [0.05, 0.1) is 11.9 Å². The van der Waals surface area contributed by atoms with E-state index < -0.39 is 15.9 Å². The fourth-order valence-corrected chi connectivity index (χ4v) is 4.92. The summed E-state index contributed by atoms with van der Waals surface area (Å²) in [7, 11) is -3.44. The number of hydrogen-bond acceptors (Lipinski definition) is 4. The van der Waals surface area contributed by atoms with Crippen molar-refractivity contribution in [2.45, 2.75) is 50.4 Å². The molecule has 4 rings (SSSR count). The first-order chi connectivity index (χ1) is 7.28. The largest absolute Gasteiger partial charge is 0.342 e. The molecule has 2 saturated heterocycles. The molecule has 4 aliphatic rings. The van der Waals surface area contributed by atoms with Crippen molar-refractivity contribution in [1.82, 2.24) is 0 Å². The Morgan fingerprint density at radius 2 is 1.75 bits per heavy atom. The topological polar surface area (TPSA) is 52.6 Å². The average Bonchev–Trinajstić information content (AvgIpc) is 1.91. The molecule has 92 valence electrons. The Balaban J connectivity index is 1.92. The summed E-state index contributed by atoms with van der Waals surface area (Å²) in [6.45, 7) is 2.09. The van der Waals surface area contributed by atoms with E-state index in [0.29, 0.717) is 11.8 Å². The van der Waals surface area contributed by atoms with Crippen molar-refractivity contribution in [3.63, 3.8) is 0 Å². The molecular weight excluding hydrogens is 228 g/mol. The van der Waals surface area contributed by atoms with Crippen LogP contribution in [0.4, 0.5) is 0 Å². The molecule has 4 bridgehead atoms. The second-order valence-corrected chi connectivity index (χ2v) is 7.61. The molecule has 2 unspecified atom stereocenters. The van der Waals surface area contributed by atoms with E-state index in [1.165, 1.54) is 6.42 Å². The molecule has 0 amide bonds. The maximum atomic E-state index is 11.3. The molecule has 0 N–H and O–H groups in total. The third kappa shape index (κ3) is 1.79. The quantitative estimate of drug-likeness (QED) is 0.695. The molecule has 0 aromatic rings. The molecule has 2 atom stereocenters. The van der Waals surface area contributed by atoms with Gasteiger partial charge in [-0.2, -0.15) is 8.42 Å². The summed E-state index contributed by atoms with van der Waals surface area (Å²) < 4.78 is 33.9. The summed E-state index contributed by atoms with van der Waals surface area (Å²) in [5.74, 6) is 0.313. The van der Waals surface area contributed by atoms with Crippen molar-refractivity contribution in [3.05, 3.63) is 0 Å². The highest BCUT2D eigenvalue weighted by Gasteiger charge is 2.59. The fourth-order valence-electron chi connectivity index (χ4n) is 4.19. The van der Waals surface area contributed by atoms with Crippen LogP contribution < -0.4 is 0 Å². The summed E-state index contributed by atoms with van der Waals surface area (Å²) in [5.41, 5.74) is -0.158. The van der Waals surface area contributed by atoms with Gasteiger partial charge in [-0.15, -0.1) is 0 Å². The Labute approximate surface area is 96.4 Å². The van der Waals surface area contributed by atoms with Crippen LogP contribution in [0.3, 0.4) is 0 Å². The van der Waals surface area contributed by atoms with Gasteiger partial charge >= 0.3 is 0 Å². The van der Waals surface area contributed by atoms with Crippen LogP contribution in [-0.4, -0.2) is 26.1 Å². The van der Waals surface area contributed by atoms with Crippen LogP contribution in [-0.2, 0) is 19.0 Å². The highest BCUT2D eigenvalue weighted by Crippen LogP contribution is 2.58. The second kappa shape index (κ2) is 3.00. The Bertz CT molecular complexity index is 400. The van der Waals surface area contributed by atoms with Crippen LogP contribution in [0, 0.1) is 11.8 Å². The third-order valence-electron chi connectivity index (χ3n) is 4.04. The lowest BCUT2D eigenvalue weighted by atomic mass is 9.61. The third-order valence-corrected chi connectivity index (χ3v) is 4.65. The van der Waals surface area contributed by atoms with Gasteiger partial charge in [0, 0.05) is 12.8 Å². The SMILES string of the molecule is CC12CC3CC(C1)CC(OS(C)(=O)=O)(C3)O2. The predicted octanol–water partition coefficient (Wildman–Crippen LogP) is 1.66. The zero-order chi connectivity index (χ0) is 11.6. The average molecular weight is 246 g/mol. The molecule has 4 nitrogen and oxygen atoms in total. The minimum Gasteiger partial charge on any atom is -0.342 e. The fraction of sp³-hybridized carbons (Fsp3) is 1.00. The van der Waals surface area contributed by atoms with Crippen LogP contribution >= 0.6 is 0 Å². The number of rotatable bonds is 2. The van der Waals surface area contributed by atoms with E-state index in [9.17, 15) is 8.42 Å². The molecule has 0 aromatic carbocycles. The van der Waals surface area contributed by atoms with Crippen LogP contribution in [0.2, 0.25) is 0 Å². The van der Waals surface area contributed by atoms with Gasteiger partial charge in [-0.1, -0.05) is 0 Å². The van der Waals surface area contributed by atoms with E-state index in [2.05, 4.69) is 6.92 Å². The molecule has 0 aromatic heterocycles. The highest BCUT2D eigenvalue weighted by molar-refractivity contribution is 7.86. The first-order valence-corrected chi connectivity index (χ1v) is 7.70. The lowest BCUT2D eigenvalue weighted by Crippen LogP contribution is -2.61. The molecule has 5 heteroatoms. The lowest BCUT2D eigenvalue weighted by molar-refractivity contribution is -0.336. The predicted molar refractivity (Wildman–Crippen MR) is 58.2 cm³/mol. The van der Waals surface area contributed by atoms with Gasteiger partial charge in [-0.3, -0.25) is 0 Å².